The summed E-state index contributed by atoms with van der Waals surface area (Å²) < 4.78 is 0. The predicted octanol–water partition coefficient (Wildman–Crippen LogP) is 4.74. The molecule has 0 aromatic carbocycles. The molecule has 2 aliphatic rings. The molecule has 2 unspecified atom stereocenters. The van der Waals surface area contributed by atoms with E-state index in [0.717, 1.165) is 25.7 Å². The summed E-state index contributed by atoms with van der Waals surface area (Å²) in [6.45, 7) is 4.66. The topological polar surface area (TPSA) is 45.2 Å². The zero-order valence-electron chi connectivity index (χ0n) is 13.6. The summed E-state index contributed by atoms with van der Waals surface area (Å²) in [5.41, 5.74) is 0. The fourth-order valence-electron chi connectivity index (χ4n) is 4.39. The highest BCUT2D eigenvalue weighted by Crippen LogP contribution is 2.36. The minimum atomic E-state index is 0.0631. The Bertz CT molecular complexity index is 474. The molecule has 2 fully saturated rings. The van der Waals surface area contributed by atoms with E-state index in [0.29, 0.717) is 29.1 Å². The van der Waals surface area contributed by atoms with Crippen molar-refractivity contribution in [1.29, 1.82) is 0 Å². The summed E-state index contributed by atoms with van der Waals surface area (Å²) in [4.78, 5) is 19.3. The van der Waals surface area contributed by atoms with E-state index in [4.69, 9.17) is 0 Å². The molecule has 4 nitrogen and oxygen atoms in total. The van der Waals surface area contributed by atoms with E-state index in [1.165, 1.54) is 30.6 Å². The van der Waals surface area contributed by atoms with Crippen LogP contribution in [0.2, 0.25) is 0 Å². The van der Waals surface area contributed by atoms with Gasteiger partial charge < -0.3 is 4.90 Å². The van der Waals surface area contributed by atoms with Gasteiger partial charge in [-0.2, -0.15) is 0 Å². The normalized spacial score (nSPS) is 29.5. The molecule has 2 atom stereocenters. The Labute approximate surface area is 137 Å². The molecule has 3 rings (SSSR count). The first-order valence-electron chi connectivity index (χ1n) is 8.62. The molecule has 0 saturated heterocycles. The number of carbonyl (C=O) groups excluding carboxylic acids is 1. The van der Waals surface area contributed by atoms with Crippen molar-refractivity contribution in [3.63, 3.8) is 0 Å². The van der Waals surface area contributed by atoms with Gasteiger partial charge in [-0.1, -0.05) is 26.7 Å². The molecule has 1 heterocycles. The number of anilines is 1. The fourth-order valence-corrected chi connectivity index (χ4v) is 4.90. The first-order chi connectivity index (χ1) is 10.6. The fraction of sp³-hybridized carbons (Fsp3) is 0.765. The lowest BCUT2D eigenvalue weighted by Gasteiger charge is -2.42. The van der Waals surface area contributed by atoms with Crippen LogP contribution < -0.4 is 5.32 Å². The van der Waals surface area contributed by atoms with E-state index in [1.807, 2.05) is 5.38 Å². The molecule has 0 aliphatic heterocycles. The first-order valence-corrected chi connectivity index (χ1v) is 9.50. The Hall–Kier alpha value is -1.10. The van der Waals surface area contributed by atoms with Crippen LogP contribution in [0.25, 0.3) is 0 Å². The molecule has 0 spiro atoms. The van der Waals surface area contributed by atoms with Crippen molar-refractivity contribution in [2.24, 2.45) is 11.8 Å². The molecule has 22 heavy (non-hydrogen) atoms. The van der Waals surface area contributed by atoms with Crippen molar-refractivity contribution < 1.29 is 4.79 Å². The summed E-state index contributed by atoms with van der Waals surface area (Å²) >= 11 is 1.49. The minimum absolute atomic E-state index is 0.0631. The highest BCUT2D eigenvalue weighted by molar-refractivity contribution is 7.13. The Morgan fingerprint density at radius 1 is 1.18 bits per heavy atom. The minimum Gasteiger partial charge on any atom is -0.318 e. The highest BCUT2D eigenvalue weighted by Gasteiger charge is 2.36. The maximum Gasteiger partial charge on any atom is 0.324 e. The lowest BCUT2D eigenvalue weighted by Crippen LogP contribution is -2.50. The number of nitrogens with zero attached hydrogens (tertiary/aromatic N) is 2. The molecule has 122 valence electrons. The molecule has 0 bridgehead atoms. The molecule has 2 amide bonds. The number of aromatic nitrogens is 1. The van der Waals surface area contributed by atoms with Gasteiger partial charge in [-0.05, 0) is 43.9 Å². The Morgan fingerprint density at radius 2 is 1.86 bits per heavy atom. The van der Waals surface area contributed by atoms with Crippen molar-refractivity contribution >= 4 is 22.5 Å². The molecule has 1 aromatic heterocycles. The van der Waals surface area contributed by atoms with Crippen molar-refractivity contribution in [1.82, 2.24) is 9.88 Å². The second-order valence-corrected chi connectivity index (χ2v) is 8.08. The van der Waals surface area contributed by atoms with E-state index in [-0.39, 0.29) is 6.03 Å². The van der Waals surface area contributed by atoms with Crippen LogP contribution >= 0.6 is 11.3 Å². The van der Waals surface area contributed by atoms with Gasteiger partial charge in [-0.15, -0.1) is 11.3 Å². The molecule has 2 aliphatic carbocycles. The SMILES string of the molecule is CC1CC(C)CC(N(C(=O)Nc2nccs2)C2CCCC2)C1. The third-order valence-electron chi connectivity index (χ3n) is 5.15. The van der Waals surface area contributed by atoms with Crippen molar-refractivity contribution in [3.05, 3.63) is 11.6 Å². The summed E-state index contributed by atoms with van der Waals surface area (Å²) in [6, 6.07) is 0.873. The largest absolute Gasteiger partial charge is 0.324 e. The van der Waals surface area contributed by atoms with E-state index in [9.17, 15) is 4.79 Å². The monoisotopic (exact) mass is 321 g/mol. The van der Waals surface area contributed by atoms with Gasteiger partial charge in [-0.25, -0.2) is 9.78 Å². The third kappa shape index (κ3) is 3.62. The molecular weight excluding hydrogens is 294 g/mol. The van der Waals surface area contributed by atoms with Crippen LogP contribution in [0.4, 0.5) is 9.93 Å². The molecule has 1 N–H and O–H groups in total. The average molecular weight is 321 g/mol. The van der Waals surface area contributed by atoms with Crippen LogP contribution in [0.5, 0.6) is 0 Å². The zero-order chi connectivity index (χ0) is 15.5. The van der Waals surface area contributed by atoms with E-state index < -0.39 is 0 Å². The number of urea groups is 1. The second kappa shape index (κ2) is 6.99. The van der Waals surface area contributed by atoms with Gasteiger partial charge in [-0.3, -0.25) is 5.32 Å². The van der Waals surface area contributed by atoms with Crippen LogP contribution in [0.15, 0.2) is 11.6 Å². The van der Waals surface area contributed by atoms with Gasteiger partial charge in [0.05, 0.1) is 0 Å². The number of amides is 2. The predicted molar refractivity (Wildman–Crippen MR) is 91.2 cm³/mol. The Kier molecular flexibility index (Phi) is 5.01. The zero-order valence-corrected chi connectivity index (χ0v) is 14.4. The van der Waals surface area contributed by atoms with Crippen LogP contribution in [0.3, 0.4) is 0 Å². The second-order valence-electron chi connectivity index (χ2n) is 7.18. The number of hydrogen-bond donors (Lipinski definition) is 1. The van der Waals surface area contributed by atoms with Gasteiger partial charge in [0.2, 0.25) is 0 Å². The molecule has 0 radical (unpaired) electrons. The number of thiazole rings is 1. The third-order valence-corrected chi connectivity index (χ3v) is 5.83. The Morgan fingerprint density at radius 3 is 2.45 bits per heavy atom. The highest BCUT2D eigenvalue weighted by atomic mass is 32.1. The van der Waals surface area contributed by atoms with Crippen LogP contribution in [0.1, 0.15) is 58.8 Å². The average Bonchev–Trinajstić information content (AvgIpc) is 3.11. The van der Waals surface area contributed by atoms with E-state index in [1.54, 1.807) is 6.20 Å². The maximum absolute atomic E-state index is 12.9. The number of hydrogen-bond acceptors (Lipinski definition) is 3. The first kappa shape index (κ1) is 15.8. The van der Waals surface area contributed by atoms with E-state index in [2.05, 4.69) is 29.0 Å². The van der Waals surface area contributed by atoms with Gasteiger partial charge >= 0.3 is 6.03 Å². The molecular formula is C17H27N3OS. The standard InChI is InChI=1S/C17H27N3OS/c1-12-9-13(2)11-15(10-12)20(14-5-3-4-6-14)17(21)19-16-18-7-8-22-16/h7-8,12-15H,3-6,9-11H2,1-2H3,(H,18,19,21). The number of carbonyl (C=O) groups is 1. The van der Waals surface area contributed by atoms with E-state index >= 15 is 0 Å². The van der Waals surface area contributed by atoms with Gasteiger partial charge in [0.15, 0.2) is 5.13 Å². The van der Waals surface area contributed by atoms with Crippen LogP contribution in [-0.2, 0) is 0 Å². The summed E-state index contributed by atoms with van der Waals surface area (Å²) in [7, 11) is 0. The lowest BCUT2D eigenvalue weighted by molar-refractivity contribution is 0.103. The van der Waals surface area contributed by atoms with Crippen molar-refractivity contribution in [2.45, 2.75) is 70.9 Å². The molecule has 1 aromatic rings. The Balaban J connectivity index is 1.75. The van der Waals surface area contributed by atoms with Gasteiger partial charge in [0.1, 0.15) is 0 Å². The number of rotatable bonds is 3. The van der Waals surface area contributed by atoms with Crippen molar-refractivity contribution in [3.8, 4) is 0 Å². The smallest absolute Gasteiger partial charge is 0.318 e. The lowest BCUT2D eigenvalue weighted by atomic mass is 9.79. The van der Waals surface area contributed by atoms with Crippen LogP contribution in [-0.4, -0.2) is 28.0 Å². The van der Waals surface area contributed by atoms with Gasteiger partial charge in [0.25, 0.3) is 0 Å². The number of nitrogens with one attached hydrogen (secondary N) is 1. The van der Waals surface area contributed by atoms with Gasteiger partial charge in [0, 0.05) is 23.7 Å². The summed E-state index contributed by atoms with van der Waals surface area (Å²) in [6.07, 6.45) is 10.1. The van der Waals surface area contributed by atoms with Crippen molar-refractivity contribution in [2.75, 3.05) is 5.32 Å². The quantitative estimate of drug-likeness (QED) is 0.873. The summed E-state index contributed by atoms with van der Waals surface area (Å²) in [5.74, 6) is 1.43. The maximum atomic E-state index is 12.9. The van der Waals surface area contributed by atoms with Crippen LogP contribution in [0, 0.1) is 11.8 Å². The summed E-state index contributed by atoms with van der Waals surface area (Å²) in [5, 5.41) is 5.64. The molecule has 2 saturated carbocycles. The molecule has 5 heteroatoms.